The minimum Gasteiger partial charge on any atom is -0.305 e. The van der Waals surface area contributed by atoms with Crippen LogP contribution in [0.5, 0.6) is 0 Å². The Morgan fingerprint density at radius 1 is 1.43 bits per heavy atom. The third kappa shape index (κ3) is 1.66. The molecule has 2 aromatic rings. The minimum atomic E-state index is -0.175. The average Bonchev–Trinajstić information content (AvgIpc) is 2.18. The molecule has 0 atom stereocenters. The van der Waals surface area contributed by atoms with E-state index in [0.29, 0.717) is 17.2 Å². The molecule has 0 bridgehead atoms. The molecule has 5 nitrogen and oxygen atoms in total. The van der Waals surface area contributed by atoms with Gasteiger partial charge in [0, 0.05) is 18.0 Å². The van der Waals surface area contributed by atoms with Gasteiger partial charge in [-0.3, -0.25) is 4.79 Å². The zero-order valence-corrected chi connectivity index (χ0v) is 7.56. The van der Waals surface area contributed by atoms with Gasteiger partial charge in [0.2, 0.25) is 0 Å². The molecule has 0 saturated heterocycles. The second-order valence-corrected chi connectivity index (χ2v) is 2.83. The number of aromatic nitrogens is 4. The molecule has 2 heterocycles. The van der Waals surface area contributed by atoms with Crippen LogP contribution >= 0.6 is 0 Å². The van der Waals surface area contributed by atoms with Gasteiger partial charge in [0.1, 0.15) is 12.0 Å². The summed E-state index contributed by atoms with van der Waals surface area (Å²) in [4.78, 5) is 25.7. The van der Waals surface area contributed by atoms with Crippen molar-refractivity contribution in [2.45, 2.75) is 6.92 Å². The Morgan fingerprint density at radius 2 is 2.29 bits per heavy atom. The summed E-state index contributed by atoms with van der Waals surface area (Å²) in [5.74, 6) is 0.470. The first-order chi connectivity index (χ1) is 6.75. The minimum absolute atomic E-state index is 0.175. The van der Waals surface area contributed by atoms with E-state index >= 15 is 0 Å². The lowest BCUT2D eigenvalue weighted by atomic mass is 10.3. The molecule has 0 fully saturated rings. The topological polar surface area (TPSA) is 71.5 Å². The van der Waals surface area contributed by atoms with Crippen molar-refractivity contribution in [1.29, 1.82) is 0 Å². The zero-order chi connectivity index (χ0) is 9.97. The molecule has 0 aliphatic carbocycles. The van der Waals surface area contributed by atoms with E-state index in [1.165, 1.54) is 12.4 Å². The zero-order valence-electron chi connectivity index (χ0n) is 7.56. The van der Waals surface area contributed by atoms with Crippen molar-refractivity contribution < 1.29 is 0 Å². The first-order valence-corrected chi connectivity index (χ1v) is 4.10. The largest absolute Gasteiger partial charge is 0.305 e. The van der Waals surface area contributed by atoms with Crippen molar-refractivity contribution >= 4 is 0 Å². The van der Waals surface area contributed by atoms with Gasteiger partial charge in [-0.1, -0.05) is 0 Å². The molecular weight excluding hydrogens is 180 g/mol. The molecule has 70 valence electrons. The van der Waals surface area contributed by atoms with E-state index in [9.17, 15) is 4.79 Å². The van der Waals surface area contributed by atoms with Crippen LogP contribution in [0.1, 0.15) is 5.69 Å². The lowest BCUT2D eigenvalue weighted by molar-refractivity contribution is 1.04. The lowest BCUT2D eigenvalue weighted by Gasteiger charge is -1.98. The van der Waals surface area contributed by atoms with Gasteiger partial charge >= 0.3 is 0 Å². The van der Waals surface area contributed by atoms with Gasteiger partial charge < -0.3 is 4.98 Å². The van der Waals surface area contributed by atoms with Gasteiger partial charge in [0.15, 0.2) is 5.82 Å². The monoisotopic (exact) mass is 188 g/mol. The highest BCUT2D eigenvalue weighted by atomic mass is 16.1. The highest BCUT2D eigenvalue weighted by Crippen LogP contribution is 2.07. The molecule has 5 heteroatoms. The van der Waals surface area contributed by atoms with Crippen LogP contribution in [0.4, 0.5) is 0 Å². The quantitative estimate of drug-likeness (QED) is 0.708. The van der Waals surface area contributed by atoms with Crippen molar-refractivity contribution in [2.24, 2.45) is 0 Å². The van der Waals surface area contributed by atoms with E-state index < -0.39 is 0 Å². The maximum Gasteiger partial charge on any atom is 0.251 e. The molecular formula is C9H8N4O. The van der Waals surface area contributed by atoms with Crippen molar-refractivity contribution in [3.63, 3.8) is 0 Å². The smallest absolute Gasteiger partial charge is 0.251 e. The maximum atomic E-state index is 11.1. The number of hydrogen-bond donors (Lipinski definition) is 1. The number of aryl methyl sites for hydroxylation is 1. The molecule has 2 rings (SSSR count). The second kappa shape index (κ2) is 3.37. The Kier molecular flexibility index (Phi) is 2.06. The van der Waals surface area contributed by atoms with Crippen LogP contribution in [0.25, 0.3) is 11.5 Å². The summed E-state index contributed by atoms with van der Waals surface area (Å²) in [5, 5.41) is 0. The highest BCUT2D eigenvalue weighted by molar-refractivity contribution is 5.47. The Hall–Kier alpha value is -2.04. The molecule has 0 spiro atoms. The number of rotatable bonds is 1. The summed E-state index contributed by atoms with van der Waals surface area (Å²) in [6.07, 6.45) is 3.02. The van der Waals surface area contributed by atoms with E-state index in [0.717, 1.165) is 0 Å². The first kappa shape index (κ1) is 8.55. The van der Waals surface area contributed by atoms with E-state index in [-0.39, 0.29) is 5.56 Å². The van der Waals surface area contributed by atoms with Crippen LogP contribution in [-0.4, -0.2) is 19.9 Å². The van der Waals surface area contributed by atoms with E-state index in [2.05, 4.69) is 19.9 Å². The highest BCUT2D eigenvalue weighted by Gasteiger charge is 2.01. The summed E-state index contributed by atoms with van der Waals surface area (Å²) in [5.41, 5.74) is 1.11. The summed E-state index contributed by atoms with van der Waals surface area (Å²) in [7, 11) is 0. The third-order valence-corrected chi connectivity index (χ3v) is 1.69. The van der Waals surface area contributed by atoms with Crippen LogP contribution < -0.4 is 5.56 Å². The number of nitrogens with zero attached hydrogens (tertiary/aromatic N) is 3. The normalized spacial score (nSPS) is 10.1. The van der Waals surface area contributed by atoms with Gasteiger partial charge in [-0.25, -0.2) is 15.0 Å². The average molecular weight is 188 g/mol. The maximum absolute atomic E-state index is 11.1. The fourth-order valence-corrected chi connectivity index (χ4v) is 1.13. The Labute approximate surface area is 79.9 Å². The number of hydrogen-bond acceptors (Lipinski definition) is 4. The Bertz CT molecular complexity index is 492. The van der Waals surface area contributed by atoms with Crippen molar-refractivity contribution in [2.75, 3.05) is 0 Å². The summed E-state index contributed by atoms with van der Waals surface area (Å²) >= 11 is 0. The van der Waals surface area contributed by atoms with Gasteiger partial charge in [-0.15, -0.1) is 0 Å². The summed E-state index contributed by atoms with van der Waals surface area (Å²) in [6, 6.07) is 3.13. The van der Waals surface area contributed by atoms with E-state index in [4.69, 9.17) is 0 Å². The van der Waals surface area contributed by atoms with Crippen LogP contribution in [0.3, 0.4) is 0 Å². The van der Waals surface area contributed by atoms with Gasteiger partial charge in [-0.2, -0.15) is 0 Å². The predicted octanol–water partition coefficient (Wildman–Crippen LogP) is 0.535. The lowest BCUT2D eigenvalue weighted by Crippen LogP contribution is -2.09. The van der Waals surface area contributed by atoms with E-state index in [1.54, 1.807) is 19.2 Å². The van der Waals surface area contributed by atoms with Crippen LogP contribution in [0.15, 0.2) is 29.5 Å². The van der Waals surface area contributed by atoms with Crippen molar-refractivity contribution in [3.8, 4) is 11.5 Å². The van der Waals surface area contributed by atoms with Crippen molar-refractivity contribution in [3.05, 3.63) is 40.7 Å². The second-order valence-electron chi connectivity index (χ2n) is 2.83. The van der Waals surface area contributed by atoms with E-state index in [1.807, 2.05) is 0 Å². The van der Waals surface area contributed by atoms with Crippen LogP contribution in [0.2, 0.25) is 0 Å². The van der Waals surface area contributed by atoms with Crippen LogP contribution in [0, 0.1) is 6.92 Å². The van der Waals surface area contributed by atoms with Gasteiger partial charge in [0.25, 0.3) is 5.56 Å². The molecule has 0 aliphatic rings. The number of H-pyrrole nitrogens is 1. The SMILES string of the molecule is Cc1cc(=O)[nH]c(-c2ccncn2)n1. The third-order valence-electron chi connectivity index (χ3n) is 1.69. The van der Waals surface area contributed by atoms with Crippen LogP contribution in [-0.2, 0) is 0 Å². The Morgan fingerprint density at radius 3 is 2.93 bits per heavy atom. The molecule has 0 saturated carbocycles. The molecule has 0 aromatic carbocycles. The molecule has 0 unspecified atom stereocenters. The molecule has 0 radical (unpaired) electrons. The predicted molar refractivity (Wildman–Crippen MR) is 50.6 cm³/mol. The fourth-order valence-electron chi connectivity index (χ4n) is 1.13. The summed E-state index contributed by atoms with van der Waals surface area (Å²) < 4.78 is 0. The van der Waals surface area contributed by atoms with Gasteiger partial charge in [0.05, 0.1) is 0 Å². The summed E-state index contributed by atoms with van der Waals surface area (Å²) in [6.45, 7) is 1.76. The molecule has 2 aromatic heterocycles. The number of nitrogens with one attached hydrogen (secondary N) is 1. The Balaban J connectivity index is 2.58. The fraction of sp³-hybridized carbons (Fsp3) is 0.111. The standard InChI is InChI=1S/C9H8N4O/c1-6-4-8(14)13-9(12-6)7-2-3-10-5-11-7/h2-5H,1H3,(H,12,13,14). The first-order valence-electron chi connectivity index (χ1n) is 4.10. The molecule has 0 amide bonds. The van der Waals surface area contributed by atoms with Crippen molar-refractivity contribution in [1.82, 2.24) is 19.9 Å². The van der Waals surface area contributed by atoms with Gasteiger partial charge in [-0.05, 0) is 13.0 Å². The molecule has 0 aliphatic heterocycles. The molecule has 14 heavy (non-hydrogen) atoms. The molecule has 1 N–H and O–H groups in total. The number of aromatic amines is 1.